The predicted molar refractivity (Wildman–Crippen MR) is 80.8 cm³/mol. The van der Waals surface area contributed by atoms with Crippen LogP contribution in [-0.4, -0.2) is 34.2 Å². The summed E-state index contributed by atoms with van der Waals surface area (Å²) in [6.07, 6.45) is 0.907. The third-order valence-electron chi connectivity index (χ3n) is 2.60. The minimum atomic E-state index is -4.01. The number of benzene rings is 1. The van der Waals surface area contributed by atoms with E-state index in [4.69, 9.17) is 28.3 Å². The number of amides is 1. The number of nitrogens with one attached hydrogen (secondary N) is 1. The minimum absolute atomic E-state index is 0.0915. The molecular weight excluding hydrogens is 363 g/mol. The maximum atomic E-state index is 11.8. The monoisotopic (exact) mass is 374 g/mol. The van der Waals surface area contributed by atoms with Crippen molar-refractivity contribution in [3.63, 3.8) is 0 Å². The number of primary sulfonamides is 1. The summed E-state index contributed by atoms with van der Waals surface area (Å²) in [4.78, 5) is 11.5. The van der Waals surface area contributed by atoms with Gasteiger partial charge in [-0.15, -0.1) is 0 Å². The van der Waals surface area contributed by atoms with Crippen molar-refractivity contribution < 1.29 is 21.6 Å². The summed E-state index contributed by atoms with van der Waals surface area (Å²) in [7, 11) is -7.60. The molecule has 1 rings (SSSR count). The van der Waals surface area contributed by atoms with Crippen LogP contribution in [0.5, 0.6) is 0 Å². The fourth-order valence-electron chi connectivity index (χ4n) is 1.25. The van der Waals surface area contributed by atoms with Crippen molar-refractivity contribution in [2.45, 2.75) is 17.1 Å². The van der Waals surface area contributed by atoms with Gasteiger partial charge >= 0.3 is 0 Å². The number of sulfone groups is 1. The number of hydrogen-bond donors (Lipinski definition) is 2. The third-order valence-corrected chi connectivity index (χ3v) is 5.59. The van der Waals surface area contributed by atoms with Crippen molar-refractivity contribution in [1.29, 1.82) is 0 Å². The van der Waals surface area contributed by atoms with E-state index in [0.29, 0.717) is 0 Å². The Morgan fingerprint density at radius 1 is 1.19 bits per heavy atom. The summed E-state index contributed by atoms with van der Waals surface area (Å²) in [5.74, 6) is -0.843. The maximum absolute atomic E-state index is 11.8. The van der Waals surface area contributed by atoms with E-state index in [0.717, 1.165) is 18.4 Å². The Hall–Kier alpha value is -0.870. The van der Waals surface area contributed by atoms with Gasteiger partial charge in [0.1, 0.15) is 5.25 Å². The second-order valence-electron chi connectivity index (χ2n) is 4.27. The lowest BCUT2D eigenvalue weighted by Crippen LogP contribution is -2.32. The summed E-state index contributed by atoms with van der Waals surface area (Å²) in [6, 6.07) is 2.01. The topological polar surface area (TPSA) is 123 Å². The largest absolute Gasteiger partial charge is 0.322 e. The Kier molecular flexibility index (Phi) is 5.27. The van der Waals surface area contributed by atoms with E-state index >= 15 is 0 Å². The average Bonchev–Trinajstić information content (AvgIpc) is 2.29. The molecule has 1 atom stereocenters. The van der Waals surface area contributed by atoms with Gasteiger partial charge < -0.3 is 5.32 Å². The molecule has 11 heteroatoms. The van der Waals surface area contributed by atoms with Crippen LogP contribution in [-0.2, 0) is 24.7 Å². The van der Waals surface area contributed by atoms with Crippen LogP contribution in [0.4, 0.5) is 5.69 Å². The normalized spacial score (nSPS) is 13.8. The lowest BCUT2D eigenvalue weighted by Gasteiger charge is -2.13. The highest BCUT2D eigenvalue weighted by atomic mass is 35.5. The Balaban J connectivity index is 3.20. The standard InChI is InChI=1S/C10H12Cl2N2O5S2/c1-5(20(2,16)17)10(15)14-9-7(11)3-6(4-8(9)12)21(13,18)19/h3-5H,1-2H3,(H,14,15)(H2,13,18,19). The molecule has 118 valence electrons. The van der Waals surface area contributed by atoms with Crippen molar-refractivity contribution in [3.05, 3.63) is 22.2 Å². The molecule has 0 saturated heterocycles. The second kappa shape index (κ2) is 6.09. The van der Waals surface area contributed by atoms with Gasteiger partial charge in [-0.05, 0) is 19.1 Å². The van der Waals surface area contributed by atoms with Crippen LogP contribution < -0.4 is 10.5 Å². The van der Waals surface area contributed by atoms with E-state index in [2.05, 4.69) is 5.32 Å². The first-order valence-electron chi connectivity index (χ1n) is 5.35. The zero-order valence-corrected chi connectivity index (χ0v) is 14.1. The van der Waals surface area contributed by atoms with Crippen molar-refractivity contribution in [1.82, 2.24) is 0 Å². The summed E-state index contributed by atoms with van der Waals surface area (Å²) >= 11 is 11.7. The van der Waals surface area contributed by atoms with Crippen molar-refractivity contribution in [3.8, 4) is 0 Å². The molecule has 1 aromatic carbocycles. The Morgan fingerprint density at radius 3 is 1.95 bits per heavy atom. The summed E-state index contributed by atoms with van der Waals surface area (Å²) in [5.41, 5.74) is -0.0915. The van der Waals surface area contributed by atoms with Crippen molar-refractivity contribution in [2.75, 3.05) is 11.6 Å². The predicted octanol–water partition coefficient (Wildman–Crippen LogP) is 1.01. The highest BCUT2D eigenvalue weighted by Crippen LogP contribution is 2.33. The lowest BCUT2D eigenvalue weighted by atomic mass is 10.3. The molecule has 0 spiro atoms. The summed E-state index contributed by atoms with van der Waals surface area (Å²) in [6.45, 7) is 1.20. The second-order valence-corrected chi connectivity index (χ2v) is 9.01. The first kappa shape index (κ1) is 18.2. The van der Waals surface area contributed by atoms with Gasteiger partial charge in [0.05, 0.1) is 20.6 Å². The molecule has 21 heavy (non-hydrogen) atoms. The molecule has 0 bridgehead atoms. The molecule has 1 amide bonds. The number of halogens is 2. The fourth-order valence-corrected chi connectivity index (χ4v) is 2.98. The highest BCUT2D eigenvalue weighted by Gasteiger charge is 2.25. The highest BCUT2D eigenvalue weighted by molar-refractivity contribution is 7.92. The quantitative estimate of drug-likeness (QED) is 0.813. The zero-order valence-electron chi connectivity index (χ0n) is 10.9. The molecule has 1 aromatic rings. The third kappa shape index (κ3) is 4.55. The van der Waals surface area contributed by atoms with Gasteiger partial charge in [0.2, 0.25) is 15.9 Å². The number of carbonyl (C=O) groups excluding carboxylic acids is 1. The first-order chi connectivity index (χ1) is 9.34. The number of carbonyl (C=O) groups is 1. The van der Waals surface area contributed by atoms with Crippen LogP contribution in [0, 0.1) is 0 Å². The van der Waals surface area contributed by atoms with E-state index in [1.54, 1.807) is 0 Å². The van der Waals surface area contributed by atoms with Gasteiger partial charge in [-0.1, -0.05) is 23.2 Å². The molecule has 0 aliphatic carbocycles. The summed E-state index contributed by atoms with van der Waals surface area (Å²) in [5, 5.41) is 5.51. The number of hydrogen-bond acceptors (Lipinski definition) is 5. The van der Waals surface area contributed by atoms with E-state index < -0.39 is 31.0 Å². The minimum Gasteiger partial charge on any atom is -0.322 e. The molecule has 7 nitrogen and oxygen atoms in total. The molecular formula is C10H12Cl2N2O5S2. The molecule has 0 aromatic heterocycles. The average molecular weight is 375 g/mol. The van der Waals surface area contributed by atoms with Crippen LogP contribution in [0.25, 0.3) is 0 Å². The Labute approximate surface area is 132 Å². The van der Waals surface area contributed by atoms with E-state index in [-0.39, 0.29) is 20.6 Å². The molecule has 3 N–H and O–H groups in total. The van der Waals surface area contributed by atoms with Gasteiger partial charge in [-0.3, -0.25) is 4.79 Å². The summed E-state index contributed by atoms with van der Waals surface area (Å²) < 4.78 is 45.0. The lowest BCUT2D eigenvalue weighted by molar-refractivity contribution is -0.115. The van der Waals surface area contributed by atoms with Crippen LogP contribution in [0.2, 0.25) is 10.0 Å². The van der Waals surface area contributed by atoms with Crippen LogP contribution in [0.15, 0.2) is 17.0 Å². The molecule has 0 radical (unpaired) electrons. The van der Waals surface area contributed by atoms with Crippen molar-refractivity contribution >= 4 is 54.7 Å². The molecule has 0 aliphatic heterocycles. The first-order valence-corrected chi connectivity index (χ1v) is 9.61. The fraction of sp³-hybridized carbons (Fsp3) is 0.300. The van der Waals surface area contributed by atoms with Crippen LogP contribution >= 0.6 is 23.2 Å². The van der Waals surface area contributed by atoms with Gasteiger partial charge in [0.15, 0.2) is 9.84 Å². The number of sulfonamides is 1. The van der Waals surface area contributed by atoms with Crippen LogP contribution in [0.3, 0.4) is 0 Å². The van der Waals surface area contributed by atoms with Gasteiger partial charge in [-0.25, -0.2) is 22.0 Å². The molecule has 0 fully saturated rings. The molecule has 1 unspecified atom stereocenters. The van der Waals surface area contributed by atoms with Crippen molar-refractivity contribution in [2.24, 2.45) is 5.14 Å². The van der Waals surface area contributed by atoms with E-state index in [9.17, 15) is 21.6 Å². The zero-order chi connectivity index (χ0) is 16.6. The SMILES string of the molecule is CC(C(=O)Nc1c(Cl)cc(S(N)(=O)=O)cc1Cl)S(C)(=O)=O. The van der Waals surface area contributed by atoms with Crippen LogP contribution in [0.1, 0.15) is 6.92 Å². The molecule has 0 aliphatic rings. The van der Waals surface area contributed by atoms with Gasteiger partial charge in [0, 0.05) is 6.26 Å². The van der Waals surface area contributed by atoms with Gasteiger partial charge in [0.25, 0.3) is 0 Å². The Bertz CT molecular complexity index is 767. The van der Waals surface area contributed by atoms with Gasteiger partial charge in [-0.2, -0.15) is 0 Å². The van der Waals surface area contributed by atoms with E-state index in [1.165, 1.54) is 6.92 Å². The van der Waals surface area contributed by atoms with E-state index in [1.807, 2.05) is 0 Å². The maximum Gasteiger partial charge on any atom is 0.242 e. The number of rotatable bonds is 4. The number of nitrogens with two attached hydrogens (primary N) is 1. The molecule has 0 saturated carbocycles. The molecule has 0 heterocycles. The smallest absolute Gasteiger partial charge is 0.242 e. The Morgan fingerprint density at radius 2 is 1.62 bits per heavy atom. The number of anilines is 1.